The van der Waals surface area contributed by atoms with E-state index in [9.17, 15) is 4.79 Å². The van der Waals surface area contributed by atoms with E-state index in [4.69, 9.17) is 6.42 Å². The van der Waals surface area contributed by atoms with Crippen LogP contribution in [0.25, 0.3) is 0 Å². The number of ether oxygens (including phenoxy) is 1. The molecule has 0 unspecified atom stereocenters. The van der Waals surface area contributed by atoms with Gasteiger partial charge < -0.3 is 4.74 Å². The molecule has 1 rings (SSSR count). The number of amides is 1. The highest BCUT2D eigenvalue weighted by atomic mass is 79.9. The summed E-state index contributed by atoms with van der Waals surface area (Å²) >= 11 is 3.28. The molecule has 0 radical (unpaired) electrons. The van der Waals surface area contributed by atoms with Crippen LogP contribution in [0.1, 0.15) is 0 Å². The average molecular weight is 254 g/mol. The number of rotatable bonds is 2. The van der Waals surface area contributed by atoms with Crippen LogP contribution in [0.2, 0.25) is 0 Å². The Morgan fingerprint density at radius 3 is 2.71 bits per heavy atom. The Kier molecular flexibility index (Phi) is 4.02. The standard InChI is InChI=1S/C10H8BrNO2/c1-2-7-14-10(13)12-9-5-3-8(11)4-6-9/h1,3-6H,7H2,(H,12,13). The van der Waals surface area contributed by atoms with Crippen LogP contribution in [0.15, 0.2) is 28.7 Å². The lowest BCUT2D eigenvalue weighted by molar-refractivity contribution is 0.176. The van der Waals surface area contributed by atoms with Crippen molar-refractivity contribution >= 4 is 27.7 Å². The molecular formula is C10H8BrNO2. The Morgan fingerprint density at radius 2 is 2.14 bits per heavy atom. The normalized spacial score (nSPS) is 8.86. The fourth-order valence-corrected chi connectivity index (χ4v) is 1.06. The number of hydrogen-bond donors (Lipinski definition) is 1. The molecule has 72 valence electrons. The second-order valence-corrected chi connectivity index (χ2v) is 3.33. The van der Waals surface area contributed by atoms with Crippen molar-refractivity contribution < 1.29 is 9.53 Å². The summed E-state index contributed by atoms with van der Waals surface area (Å²) in [7, 11) is 0. The van der Waals surface area contributed by atoms with Gasteiger partial charge in [0.15, 0.2) is 6.61 Å². The molecule has 0 atom stereocenters. The Bertz CT molecular complexity index is 353. The van der Waals surface area contributed by atoms with E-state index in [-0.39, 0.29) is 6.61 Å². The van der Waals surface area contributed by atoms with Crippen molar-refractivity contribution in [3.63, 3.8) is 0 Å². The molecule has 4 heteroatoms. The first-order chi connectivity index (χ1) is 6.72. The molecule has 1 aromatic rings. The average Bonchev–Trinajstić information content (AvgIpc) is 2.18. The van der Waals surface area contributed by atoms with Crippen molar-refractivity contribution in [2.45, 2.75) is 0 Å². The van der Waals surface area contributed by atoms with Gasteiger partial charge in [0.2, 0.25) is 0 Å². The van der Waals surface area contributed by atoms with Crippen molar-refractivity contribution in [1.82, 2.24) is 0 Å². The lowest BCUT2D eigenvalue weighted by Gasteiger charge is -2.03. The zero-order valence-electron chi connectivity index (χ0n) is 7.29. The van der Waals surface area contributed by atoms with Gasteiger partial charge >= 0.3 is 6.09 Å². The van der Waals surface area contributed by atoms with E-state index in [1.807, 2.05) is 12.1 Å². The molecule has 0 spiro atoms. The molecule has 0 saturated carbocycles. The molecule has 1 amide bonds. The number of carbonyl (C=O) groups excluding carboxylic acids is 1. The van der Waals surface area contributed by atoms with Crippen LogP contribution in [-0.4, -0.2) is 12.7 Å². The summed E-state index contributed by atoms with van der Waals surface area (Å²) in [4.78, 5) is 11.0. The van der Waals surface area contributed by atoms with Crippen molar-refractivity contribution in [1.29, 1.82) is 0 Å². The predicted octanol–water partition coefficient (Wildman–Crippen LogP) is 2.63. The topological polar surface area (TPSA) is 38.3 Å². The zero-order chi connectivity index (χ0) is 10.4. The van der Waals surface area contributed by atoms with Crippen LogP contribution in [0, 0.1) is 12.3 Å². The Labute approximate surface area is 90.6 Å². The first kappa shape index (κ1) is 10.6. The highest BCUT2D eigenvalue weighted by Crippen LogP contribution is 2.13. The van der Waals surface area contributed by atoms with Crippen molar-refractivity contribution in [2.24, 2.45) is 0 Å². The fraction of sp³-hybridized carbons (Fsp3) is 0.100. The minimum absolute atomic E-state index is 0.0254. The van der Waals surface area contributed by atoms with E-state index in [0.717, 1.165) is 4.47 Å². The number of terminal acetylenes is 1. The number of carbonyl (C=O) groups is 1. The van der Waals surface area contributed by atoms with Gasteiger partial charge in [0.1, 0.15) is 0 Å². The first-order valence-electron chi connectivity index (χ1n) is 3.85. The molecular weight excluding hydrogens is 246 g/mol. The van der Waals surface area contributed by atoms with Crippen molar-refractivity contribution in [3.8, 4) is 12.3 Å². The van der Waals surface area contributed by atoms with Gasteiger partial charge in [-0.1, -0.05) is 21.9 Å². The third-order valence-electron chi connectivity index (χ3n) is 1.38. The summed E-state index contributed by atoms with van der Waals surface area (Å²) < 4.78 is 5.57. The minimum atomic E-state index is -0.551. The predicted molar refractivity (Wildman–Crippen MR) is 57.9 cm³/mol. The van der Waals surface area contributed by atoms with Gasteiger partial charge in [0.25, 0.3) is 0 Å². The molecule has 1 N–H and O–H groups in total. The molecule has 0 aliphatic heterocycles. The number of anilines is 1. The van der Waals surface area contributed by atoms with Gasteiger partial charge in [0.05, 0.1) is 0 Å². The van der Waals surface area contributed by atoms with Crippen molar-refractivity contribution in [2.75, 3.05) is 11.9 Å². The molecule has 0 fully saturated rings. The number of halogens is 1. The van der Waals surface area contributed by atoms with Crippen LogP contribution in [0.3, 0.4) is 0 Å². The summed E-state index contributed by atoms with van der Waals surface area (Å²) in [5.74, 6) is 2.20. The highest BCUT2D eigenvalue weighted by molar-refractivity contribution is 9.10. The molecule has 0 heterocycles. The quantitative estimate of drug-likeness (QED) is 0.824. The second-order valence-electron chi connectivity index (χ2n) is 2.41. The summed E-state index contributed by atoms with van der Waals surface area (Å²) in [5.41, 5.74) is 0.662. The van der Waals surface area contributed by atoms with Gasteiger partial charge in [-0.25, -0.2) is 4.79 Å². The molecule has 14 heavy (non-hydrogen) atoms. The van der Waals surface area contributed by atoms with E-state index in [2.05, 4.69) is 31.9 Å². The lowest BCUT2D eigenvalue weighted by atomic mass is 10.3. The van der Waals surface area contributed by atoms with Crippen LogP contribution in [0.4, 0.5) is 10.5 Å². The maximum atomic E-state index is 11.0. The monoisotopic (exact) mass is 253 g/mol. The molecule has 1 aromatic carbocycles. The molecule has 0 aliphatic rings. The van der Waals surface area contributed by atoms with E-state index in [0.29, 0.717) is 5.69 Å². The molecule has 0 aromatic heterocycles. The van der Waals surface area contributed by atoms with E-state index in [1.165, 1.54) is 0 Å². The molecule has 0 aliphatic carbocycles. The first-order valence-corrected chi connectivity index (χ1v) is 4.64. The number of nitrogens with one attached hydrogen (secondary N) is 1. The summed E-state index contributed by atoms with van der Waals surface area (Å²) in [5, 5.41) is 2.53. The maximum Gasteiger partial charge on any atom is 0.412 e. The van der Waals surface area contributed by atoms with Crippen LogP contribution < -0.4 is 5.32 Å². The van der Waals surface area contributed by atoms with E-state index in [1.54, 1.807) is 12.1 Å². The van der Waals surface area contributed by atoms with Crippen LogP contribution >= 0.6 is 15.9 Å². The summed E-state index contributed by atoms with van der Waals surface area (Å²) in [6, 6.07) is 7.13. The van der Waals surface area contributed by atoms with Gasteiger partial charge in [-0.3, -0.25) is 5.32 Å². The third kappa shape index (κ3) is 3.50. The lowest BCUT2D eigenvalue weighted by Crippen LogP contribution is -2.13. The Morgan fingerprint density at radius 1 is 1.50 bits per heavy atom. The van der Waals surface area contributed by atoms with Gasteiger partial charge in [0, 0.05) is 10.2 Å². The largest absolute Gasteiger partial charge is 0.436 e. The fourth-order valence-electron chi connectivity index (χ4n) is 0.794. The van der Waals surface area contributed by atoms with Crippen LogP contribution in [0.5, 0.6) is 0 Å². The van der Waals surface area contributed by atoms with Crippen LogP contribution in [-0.2, 0) is 4.74 Å². The molecule has 0 saturated heterocycles. The summed E-state index contributed by atoms with van der Waals surface area (Å²) in [6.07, 6.45) is 4.38. The number of hydrogen-bond acceptors (Lipinski definition) is 2. The zero-order valence-corrected chi connectivity index (χ0v) is 8.87. The second kappa shape index (κ2) is 5.30. The SMILES string of the molecule is C#CCOC(=O)Nc1ccc(Br)cc1. The third-order valence-corrected chi connectivity index (χ3v) is 1.91. The van der Waals surface area contributed by atoms with E-state index >= 15 is 0 Å². The van der Waals surface area contributed by atoms with Gasteiger partial charge in [-0.15, -0.1) is 6.42 Å². The molecule has 0 bridgehead atoms. The smallest absolute Gasteiger partial charge is 0.412 e. The van der Waals surface area contributed by atoms with Gasteiger partial charge in [-0.2, -0.15) is 0 Å². The minimum Gasteiger partial charge on any atom is -0.436 e. The van der Waals surface area contributed by atoms with E-state index < -0.39 is 6.09 Å². The molecule has 3 nitrogen and oxygen atoms in total. The Hall–Kier alpha value is -1.47. The number of benzene rings is 1. The van der Waals surface area contributed by atoms with Crippen molar-refractivity contribution in [3.05, 3.63) is 28.7 Å². The maximum absolute atomic E-state index is 11.0. The van der Waals surface area contributed by atoms with Gasteiger partial charge in [-0.05, 0) is 24.3 Å². The highest BCUT2D eigenvalue weighted by Gasteiger charge is 2.00. The summed E-state index contributed by atoms with van der Waals surface area (Å²) in [6.45, 7) is -0.0254. The Balaban J connectivity index is 2.49.